The van der Waals surface area contributed by atoms with Crippen LogP contribution in [0.4, 0.5) is 0 Å². The van der Waals surface area contributed by atoms with Crippen molar-refractivity contribution in [3.63, 3.8) is 0 Å². The van der Waals surface area contributed by atoms with Crippen LogP contribution in [0.1, 0.15) is 13.3 Å². The zero-order valence-corrected chi connectivity index (χ0v) is 10.2. The topological polar surface area (TPSA) is 108 Å². The van der Waals surface area contributed by atoms with Crippen LogP contribution in [0.15, 0.2) is 45.6 Å². The van der Waals surface area contributed by atoms with Crippen LogP contribution in [0.25, 0.3) is 11.0 Å². The van der Waals surface area contributed by atoms with E-state index in [9.17, 15) is 9.59 Å². The van der Waals surface area contributed by atoms with Gasteiger partial charge in [0.15, 0.2) is 0 Å². The second-order valence-electron chi connectivity index (χ2n) is 3.77. The Labute approximate surface area is 108 Å². The smallest absolute Gasteiger partial charge is 0.363 e. The Hall–Kier alpha value is -2.18. The van der Waals surface area contributed by atoms with Crippen molar-refractivity contribution in [3.8, 4) is 0 Å². The molecule has 19 heavy (non-hydrogen) atoms. The number of carboxylic acids is 1. The molecule has 6 heteroatoms. The van der Waals surface area contributed by atoms with Gasteiger partial charge < -0.3 is 19.7 Å². The Morgan fingerprint density at radius 3 is 2.37 bits per heavy atom. The number of hydrogen-bond donors (Lipinski definition) is 3. The van der Waals surface area contributed by atoms with Gasteiger partial charge in [0.25, 0.3) is 5.79 Å². The fourth-order valence-electron chi connectivity index (χ4n) is 1.16. The molecule has 3 N–H and O–H groups in total. The highest BCUT2D eigenvalue weighted by Crippen LogP contribution is 2.09. The highest BCUT2D eigenvalue weighted by molar-refractivity contribution is 5.75. The molecule has 0 fully saturated rings. The largest absolute Gasteiger partial charge is 0.477 e. The molecule has 0 aliphatic rings. The van der Waals surface area contributed by atoms with Gasteiger partial charge in [0.05, 0.1) is 0 Å². The van der Waals surface area contributed by atoms with Gasteiger partial charge in [-0.2, -0.15) is 0 Å². The molecule has 2 aromatic rings. The number of para-hydroxylation sites is 1. The summed E-state index contributed by atoms with van der Waals surface area (Å²) in [6, 6.07) is 10.6. The van der Waals surface area contributed by atoms with Crippen molar-refractivity contribution in [2.75, 3.05) is 0 Å². The molecule has 0 saturated heterocycles. The molecule has 0 spiro atoms. The summed E-state index contributed by atoms with van der Waals surface area (Å²) in [6.45, 7) is 1.37. The molecule has 0 aliphatic heterocycles. The molecule has 0 aliphatic carbocycles. The van der Waals surface area contributed by atoms with E-state index in [1.54, 1.807) is 12.1 Å². The van der Waals surface area contributed by atoms with E-state index in [1.807, 2.05) is 18.2 Å². The Balaban J connectivity index is 0.000000203. The molecule has 0 radical (unpaired) electrons. The molecule has 2 rings (SSSR count). The molecule has 1 aromatic carbocycles. The molecule has 0 saturated carbocycles. The van der Waals surface area contributed by atoms with E-state index < -0.39 is 11.8 Å². The first-order valence-electron chi connectivity index (χ1n) is 5.54. The monoisotopic (exact) mass is 266 g/mol. The average Bonchev–Trinajstić information content (AvgIpc) is 2.39. The number of aliphatic carboxylic acids is 1. The molecule has 1 heterocycles. The van der Waals surface area contributed by atoms with E-state index >= 15 is 0 Å². The van der Waals surface area contributed by atoms with Crippen molar-refractivity contribution >= 4 is 16.9 Å². The Kier molecular flexibility index (Phi) is 4.80. The van der Waals surface area contributed by atoms with Crippen molar-refractivity contribution in [3.05, 3.63) is 46.8 Å². The first kappa shape index (κ1) is 14.9. The number of benzene rings is 1. The SMILES string of the molecule is CCC(O)(O)C(=O)O.O=c1ccc2ccccc2o1. The van der Waals surface area contributed by atoms with Crippen LogP contribution in [-0.4, -0.2) is 27.1 Å². The standard InChI is InChI=1S/C9H6O2.C4H8O4/c10-9-6-5-7-3-1-2-4-8(7)11-9;1-2-4(7,8)3(5)6/h1-6H;7-8H,2H2,1H3,(H,5,6). The minimum Gasteiger partial charge on any atom is -0.477 e. The van der Waals surface area contributed by atoms with E-state index in [0.717, 1.165) is 5.39 Å². The minimum absolute atomic E-state index is 0.206. The molecular formula is C13H14O6. The molecule has 0 atom stereocenters. The summed E-state index contributed by atoms with van der Waals surface area (Å²) in [5, 5.41) is 25.6. The third-order valence-corrected chi connectivity index (χ3v) is 2.36. The van der Waals surface area contributed by atoms with Gasteiger partial charge in [-0.15, -0.1) is 0 Å². The van der Waals surface area contributed by atoms with Crippen molar-refractivity contribution < 1.29 is 24.5 Å². The number of aliphatic hydroxyl groups is 2. The number of fused-ring (bicyclic) bond motifs is 1. The third-order valence-electron chi connectivity index (χ3n) is 2.36. The number of carbonyl (C=O) groups is 1. The first-order chi connectivity index (χ1) is 8.86. The quantitative estimate of drug-likeness (QED) is 0.552. The number of carboxylic acid groups (broad SMARTS) is 1. The van der Waals surface area contributed by atoms with Gasteiger partial charge in [-0.25, -0.2) is 9.59 Å². The van der Waals surface area contributed by atoms with Gasteiger partial charge in [-0.05, 0) is 12.1 Å². The fraction of sp³-hybridized carbons (Fsp3) is 0.231. The molecule has 0 bridgehead atoms. The summed E-state index contributed by atoms with van der Waals surface area (Å²) in [5.41, 5.74) is 0.337. The maximum absolute atomic E-state index is 10.7. The summed E-state index contributed by atoms with van der Waals surface area (Å²) < 4.78 is 4.91. The van der Waals surface area contributed by atoms with Gasteiger partial charge >= 0.3 is 11.6 Å². The zero-order valence-electron chi connectivity index (χ0n) is 10.2. The Morgan fingerprint density at radius 2 is 1.84 bits per heavy atom. The molecule has 102 valence electrons. The van der Waals surface area contributed by atoms with Crippen molar-refractivity contribution in [1.82, 2.24) is 0 Å². The van der Waals surface area contributed by atoms with E-state index in [-0.39, 0.29) is 12.0 Å². The van der Waals surface area contributed by atoms with Crippen molar-refractivity contribution in [2.45, 2.75) is 19.1 Å². The summed E-state index contributed by atoms with van der Waals surface area (Å²) in [7, 11) is 0. The Bertz CT molecular complexity index is 614. The van der Waals surface area contributed by atoms with Crippen molar-refractivity contribution in [1.29, 1.82) is 0 Å². The van der Waals surface area contributed by atoms with Crippen LogP contribution in [0.3, 0.4) is 0 Å². The van der Waals surface area contributed by atoms with Crippen LogP contribution in [0.2, 0.25) is 0 Å². The van der Waals surface area contributed by atoms with Gasteiger partial charge in [0, 0.05) is 17.9 Å². The second kappa shape index (κ2) is 6.12. The van der Waals surface area contributed by atoms with E-state index in [2.05, 4.69) is 0 Å². The number of rotatable bonds is 2. The fourth-order valence-corrected chi connectivity index (χ4v) is 1.16. The van der Waals surface area contributed by atoms with Gasteiger partial charge in [0.1, 0.15) is 5.58 Å². The summed E-state index contributed by atoms with van der Waals surface area (Å²) in [6.07, 6.45) is -0.206. The Morgan fingerprint density at radius 1 is 1.21 bits per heavy atom. The van der Waals surface area contributed by atoms with Gasteiger partial charge in [0.2, 0.25) is 0 Å². The van der Waals surface area contributed by atoms with Crippen LogP contribution >= 0.6 is 0 Å². The van der Waals surface area contributed by atoms with Crippen LogP contribution in [0, 0.1) is 0 Å². The van der Waals surface area contributed by atoms with Crippen LogP contribution in [0.5, 0.6) is 0 Å². The summed E-state index contributed by atoms with van der Waals surface area (Å²) in [5.74, 6) is -4.15. The molecule has 6 nitrogen and oxygen atoms in total. The summed E-state index contributed by atoms with van der Waals surface area (Å²) in [4.78, 5) is 20.5. The highest BCUT2D eigenvalue weighted by atomic mass is 16.5. The van der Waals surface area contributed by atoms with Crippen molar-refractivity contribution in [2.24, 2.45) is 0 Å². The van der Waals surface area contributed by atoms with E-state index in [0.29, 0.717) is 5.58 Å². The molecular weight excluding hydrogens is 252 g/mol. The third kappa shape index (κ3) is 4.20. The predicted molar refractivity (Wildman–Crippen MR) is 67.6 cm³/mol. The normalized spacial score (nSPS) is 10.7. The van der Waals surface area contributed by atoms with Crippen LogP contribution in [-0.2, 0) is 4.79 Å². The minimum atomic E-state index is -2.54. The molecule has 0 unspecified atom stereocenters. The zero-order chi connectivity index (χ0) is 14.5. The lowest BCUT2D eigenvalue weighted by molar-refractivity contribution is -0.204. The first-order valence-corrected chi connectivity index (χ1v) is 5.54. The maximum atomic E-state index is 10.7. The summed E-state index contributed by atoms with van der Waals surface area (Å²) >= 11 is 0. The lowest BCUT2D eigenvalue weighted by atomic mass is 10.2. The van der Waals surface area contributed by atoms with Crippen LogP contribution < -0.4 is 5.63 Å². The maximum Gasteiger partial charge on any atom is 0.363 e. The van der Waals surface area contributed by atoms with E-state index in [1.165, 1.54) is 13.0 Å². The van der Waals surface area contributed by atoms with E-state index in [4.69, 9.17) is 19.7 Å². The van der Waals surface area contributed by atoms with Gasteiger partial charge in [-0.3, -0.25) is 0 Å². The average molecular weight is 266 g/mol. The highest BCUT2D eigenvalue weighted by Gasteiger charge is 2.29. The van der Waals surface area contributed by atoms with Gasteiger partial charge in [-0.1, -0.05) is 25.1 Å². The molecule has 1 aromatic heterocycles. The predicted octanol–water partition coefficient (Wildman–Crippen LogP) is 0.955. The number of hydrogen-bond acceptors (Lipinski definition) is 5. The lowest BCUT2D eigenvalue weighted by Gasteiger charge is -2.11. The lowest BCUT2D eigenvalue weighted by Crippen LogP contribution is -2.36. The molecule has 0 amide bonds. The second-order valence-corrected chi connectivity index (χ2v) is 3.77.